The summed E-state index contributed by atoms with van der Waals surface area (Å²) >= 11 is 0. The van der Waals surface area contributed by atoms with Gasteiger partial charge in [-0.1, -0.05) is 26.0 Å². The molecule has 0 radical (unpaired) electrons. The molecule has 40 heavy (non-hydrogen) atoms. The number of fused-ring (bicyclic) bond motifs is 5. The largest absolute Gasteiger partial charge is 0.508 e. The van der Waals surface area contributed by atoms with Crippen molar-refractivity contribution in [2.45, 2.75) is 57.7 Å². The van der Waals surface area contributed by atoms with Crippen LogP contribution in [-0.2, 0) is 27.2 Å². The zero-order valence-electron chi connectivity index (χ0n) is 23.4. The Balaban J connectivity index is 2.12. The van der Waals surface area contributed by atoms with Gasteiger partial charge < -0.3 is 42.9 Å². The number of likely N-dealkylation sites (N-methyl/N-ethyl adjacent to an activating group) is 1. The van der Waals surface area contributed by atoms with Crippen LogP contribution in [0.15, 0.2) is 36.4 Å². The molecule has 0 spiro atoms. The van der Waals surface area contributed by atoms with Crippen LogP contribution < -0.4 is 27.8 Å². The molecule has 0 aliphatic carbocycles. The molecule has 2 aromatic rings. The first kappa shape index (κ1) is 30.9. The van der Waals surface area contributed by atoms with Gasteiger partial charge in [-0.05, 0) is 77.9 Å². The highest BCUT2D eigenvalue weighted by atomic mass is 16.3. The highest BCUT2D eigenvalue weighted by molar-refractivity contribution is 5.93. The quantitative estimate of drug-likeness (QED) is 0.254. The molecule has 11 heteroatoms. The van der Waals surface area contributed by atoms with E-state index in [4.69, 9.17) is 17.2 Å². The molecule has 218 valence electrons. The van der Waals surface area contributed by atoms with Crippen molar-refractivity contribution in [1.82, 2.24) is 15.5 Å². The second-order valence-corrected chi connectivity index (χ2v) is 11.2. The number of benzene rings is 2. The van der Waals surface area contributed by atoms with Crippen LogP contribution >= 0.6 is 0 Å². The van der Waals surface area contributed by atoms with E-state index in [0.29, 0.717) is 30.6 Å². The monoisotopic (exact) mass is 554 g/mol. The zero-order chi connectivity index (χ0) is 29.6. The van der Waals surface area contributed by atoms with Crippen LogP contribution in [0.2, 0.25) is 0 Å². The summed E-state index contributed by atoms with van der Waals surface area (Å²) in [6, 6.07) is 6.95. The van der Waals surface area contributed by atoms with Crippen LogP contribution in [0.4, 0.5) is 0 Å². The number of phenolic OH excluding ortho intramolecular Hbond substituents is 2. The van der Waals surface area contributed by atoms with Crippen molar-refractivity contribution in [3.05, 3.63) is 47.5 Å². The van der Waals surface area contributed by atoms with Gasteiger partial charge in [0.25, 0.3) is 0 Å². The standard InChI is InChI=1S/C29H42N6O5/c1-29(2,15-31)16-33-27(39)23-14-20-12-18(7-9-25(20)37)17-6-8-24(36)19(11-17)13-21(32)26(38)34-22(5-4-10-30)28(40)35(23)3/h6-9,11-12,21-23,36-37H,4-5,10,13-16,30-32H2,1-3H3,(H,33,39)(H,34,38)/t21-,22+,23+/m0/s1. The summed E-state index contributed by atoms with van der Waals surface area (Å²) in [4.78, 5) is 41.7. The second kappa shape index (κ2) is 13.1. The molecule has 3 rings (SSSR count). The molecule has 0 aromatic heterocycles. The first-order valence-electron chi connectivity index (χ1n) is 13.5. The van der Waals surface area contributed by atoms with E-state index >= 15 is 0 Å². The molecule has 0 saturated heterocycles. The Bertz CT molecular complexity index is 1230. The summed E-state index contributed by atoms with van der Waals surface area (Å²) in [6.45, 7) is 4.76. The van der Waals surface area contributed by atoms with Gasteiger partial charge in [0.2, 0.25) is 17.7 Å². The predicted molar refractivity (Wildman–Crippen MR) is 153 cm³/mol. The predicted octanol–water partition coefficient (Wildman–Crippen LogP) is 0.343. The lowest BCUT2D eigenvalue weighted by atomic mass is 9.93. The molecule has 0 unspecified atom stereocenters. The SMILES string of the molecule is CN1C(=O)[C@@H](CCCN)NC(=O)[C@@H](N)Cc2cc(ccc2O)-c2ccc(O)c(c2)C[C@@H]1C(=O)NCC(C)(C)CN. The molecule has 1 heterocycles. The highest BCUT2D eigenvalue weighted by Crippen LogP contribution is 2.31. The Morgan fingerprint density at radius 3 is 2.17 bits per heavy atom. The Kier molecular flexibility index (Phi) is 10.1. The fourth-order valence-corrected chi connectivity index (χ4v) is 4.57. The number of nitrogens with two attached hydrogens (primary N) is 3. The van der Waals surface area contributed by atoms with Crippen molar-refractivity contribution in [1.29, 1.82) is 0 Å². The summed E-state index contributed by atoms with van der Waals surface area (Å²) < 4.78 is 0. The van der Waals surface area contributed by atoms with Gasteiger partial charge in [0, 0.05) is 26.4 Å². The zero-order valence-corrected chi connectivity index (χ0v) is 23.4. The lowest BCUT2D eigenvalue weighted by molar-refractivity contribution is -0.142. The Hall–Kier alpha value is -3.67. The van der Waals surface area contributed by atoms with E-state index in [1.165, 1.54) is 24.1 Å². The third kappa shape index (κ3) is 7.50. The number of hydrogen-bond acceptors (Lipinski definition) is 8. The number of nitrogens with one attached hydrogen (secondary N) is 2. The van der Waals surface area contributed by atoms with Gasteiger partial charge in [0.15, 0.2) is 0 Å². The maximum absolute atomic E-state index is 13.8. The molecular formula is C29H42N6O5. The minimum Gasteiger partial charge on any atom is -0.508 e. The van der Waals surface area contributed by atoms with Crippen LogP contribution in [0.5, 0.6) is 11.5 Å². The average molecular weight is 555 g/mol. The number of hydrogen-bond donors (Lipinski definition) is 7. The molecule has 10 N–H and O–H groups in total. The van der Waals surface area contributed by atoms with Gasteiger partial charge in [-0.3, -0.25) is 14.4 Å². The molecule has 0 fully saturated rings. The molecule has 1 aliphatic heterocycles. The first-order chi connectivity index (χ1) is 18.9. The third-order valence-corrected chi connectivity index (χ3v) is 7.41. The van der Waals surface area contributed by atoms with Crippen LogP contribution in [0, 0.1) is 5.41 Å². The Morgan fingerprint density at radius 1 is 1.05 bits per heavy atom. The van der Waals surface area contributed by atoms with E-state index in [2.05, 4.69) is 10.6 Å². The van der Waals surface area contributed by atoms with Gasteiger partial charge in [-0.25, -0.2) is 0 Å². The number of amides is 3. The van der Waals surface area contributed by atoms with Crippen molar-refractivity contribution in [3.8, 4) is 22.6 Å². The van der Waals surface area contributed by atoms with Crippen LogP contribution in [0.3, 0.4) is 0 Å². The smallest absolute Gasteiger partial charge is 0.245 e. The van der Waals surface area contributed by atoms with Crippen molar-refractivity contribution in [2.75, 3.05) is 26.7 Å². The van der Waals surface area contributed by atoms with Gasteiger partial charge in [0.1, 0.15) is 23.6 Å². The Labute approximate surface area is 235 Å². The molecule has 0 saturated carbocycles. The molecule has 11 nitrogen and oxygen atoms in total. The molecule has 4 bridgehead atoms. The van der Waals surface area contributed by atoms with Gasteiger partial charge in [-0.15, -0.1) is 0 Å². The molecule has 3 amide bonds. The topological polar surface area (TPSA) is 197 Å². The Morgan fingerprint density at radius 2 is 1.62 bits per heavy atom. The maximum atomic E-state index is 13.8. The summed E-state index contributed by atoms with van der Waals surface area (Å²) in [6.07, 6.45) is 0.742. The van der Waals surface area contributed by atoms with Crippen molar-refractivity contribution >= 4 is 17.7 Å². The second-order valence-electron chi connectivity index (χ2n) is 11.2. The van der Waals surface area contributed by atoms with E-state index < -0.39 is 35.8 Å². The van der Waals surface area contributed by atoms with E-state index in [1.807, 2.05) is 13.8 Å². The fraction of sp³-hybridized carbons (Fsp3) is 0.483. The summed E-state index contributed by atoms with van der Waals surface area (Å²) in [5.74, 6) is -1.50. The van der Waals surface area contributed by atoms with E-state index in [-0.39, 0.29) is 42.7 Å². The lowest BCUT2D eigenvalue weighted by Gasteiger charge is -2.32. The van der Waals surface area contributed by atoms with Gasteiger partial charge in [-0.2, -0.15) is 0 Å². The van der Waals surface area contributed by atoms with Crippen molar-refractivity contribution in [2.24, 2.45) is 22.6 Å². The van der Waals surface area contributed by atoms with Gasteiger partial charge >= 0.3 is 0 Å². The van der Waals surface area contributed by atoms with Crippen LogP contribution in [0.25, 0.3) is 11.1 Å². The minimum atomic E-state index is -1.04. The van der Waals surface area contributed by atoms with Crippen molar-refractivity contribution in [3.63, 3.8) is 0 Å². The number of nitrogens with zero attached hydrogens (tertiary/aromatic N) is 1. The molecule has 2 aromatic carbocycles. The third-order valence-electron chi connectivity index (χ3n) is 7.41. The number of carbonyl (C=O) groups excluding carboxylic acids is 3. The normalized spacial score (nSPS) is 20.4. The molecule has 3 atom stereocenters. The van der Waals surface area contributed by atoms with Crippen LogP contribution in [-0.4, -0.2) is 77.6 Å². The summed E-state index contributed by atoms with van der Waals surface area (Å²) in [5, 5.41) is 26.8. The van der Waals surface area contributed by atoms with E-state index in [9.17, 15) is 24.6 Å². The number of carbonyl (C=O) groups is 3. The van der Waals surface area contributed by atoms with Crippen LogP contribution in [0.1, 0.15) is 37.8 Å². The van der Waals surface area contributed by atoms with Gasteiger partial charge in [0.05, 0.1) is 6.04 Å². The number of phenols is 2. The van der Waals surface area contributed by atoms with E-state index in [1.54, 1.807) is 24.3 Å². The number of aromatic hydroxyl groups is 2. The fourth-order valence-electron chi connectivity index (χ4n) is 4.57. The van der Waals surface area contributed by atoms with Crippen molar-refractivity contribution < 1.29 is 24.6 Å². The maximum Gasteiger partial charge on any atom is 0.245 e. The lowest BCUT2D eigenvalue weighted by Crippen LogP contribution is -2.57. The van der Waals surface area contributed by atoms with E-state index in [0.717, 1.165) is 11.1 Å². The first-order valence-corrected chi connectivity index (χ1v) is 13.5. The summed E-state index contributed by atoms with van der Waals surface area (Å²) in [7, 11) is 1.50. The minimum absolute atomic E-state index is 0.0112. The number of rotatable bonds is 7. The average Bonchev–Trinajstić information content (AvgIpc) is 2.93. The molecule has 1 aliphatic rings. The summed E-state index contributed by atoms with van der Waals surface area (Å²) in [5.41, 5.74) is 19.7. The highest BCUT2D eigenvalue weighted by Gasteiger charge is 2.34. The molecular weight excluding hydrogens is 512 g/mol.